The summed E-state index contributed by atoms with van der Waals surface area (Å²) in [6, 6.07) is 8.66. The van der Waals surface area contributed by atoms with Gasteiger partial charge in [-0.25, -0.2) is 0 Å². The summed E-state index contributed by atoms with van der Waals surface area (Å²) in [4.78, 5) is 0. The van der Waals surface area contributed by atoms with E-state index in [1.165, 1.54) is 24.0 Å². The van der Waals surface area contributed by atoms with Crippen LogP contribution in [-0.2, 0) is 6.42 Å². The van der Waals surface area contributed by atoms with Crippen molar-refractivity contribution < 1.29 is 0 Å². The van der Waals surface area contributed by atoms with Gasteiger partial charge in [0, 0.05) is 0 Å². The van der Waals surface area contributed by atoms with Crippen molar-refractivity contribution in [2.24, 2.45) is 0 Å². The molecule has 1 N–H and O–H groups in total. The summed E-state index contributed by atoms with van der Waals surface area (Å²) < 4.78 is 0. The van der Waals surface area contributed by atoms with Gasteiger partial charge in [0.25, 0.3) is 0 Å². The molecule has 0 bridgehead atoms. The lowest BCUT2D eigenvalue weighted by Gasteiger charge is -2.09. The van der Waals surface area contributed by atoms with Gasteiger partial charge >= 0.3 is 0 Å². The number of nitrogens with one attached hydrogen (secondary N) is 1. The Morgan fingerprint density at radius 1 is 1.07 bits per heavy atom. The van der Waals surface area contributed by atoms with E-state index in [-0.39, 0.29) is 0 Å². The highest BCUT2D eigenvalue weighted by molar-refractivity contribution is 5.53. The van der Waals surface area contributed by atoms with Crippen molar-refractivity contribution >= 4 is 6.08 Å². The van der Waals surface area contributed by atoms with Gasteiger partial charge in [-0.15, -0.1) is 0 Å². The summed E-state index contributed by atoms with van der Waals surface area (Å²) in [5.41, 5.74) is 2.84. The van der Waals surface area contributed by atoms with E-state index in [2.05, 4.69) is 41.7 Å². The fourth-order valence-corrected chi connectivity index (χ4v) is 1.83. The minimum absolute atomic E-state index is 1.10. The van der Waals surface area contributed by atoms with E-state index in [0.29, 0.717) is 0 Å². The molecule has 0 unspecified atom stereocenters. The molecule has 0 saturated carbocycles. The average Bonchev–Trinajstić information content (AvgIpc) is 2.25. The lowest BCUT2D eigenvalue weighted by atomic mass is 10.0. The smallest absolute Gasteiger partial charge is 0.000813 e. The van der Waals surface area contributed by atoms with E-state index in [1.54, 1.807) is 0 Å². The molecule has 0 radical (unpaired) electrons. The summed E-state index contributed by atoms with van der Waals surface area (Å²) in [6.45, 7) is 2.25. The van der Waals surface area contributed by atoms with Crippen LogP contribution >= 0.6 is 0 Å². The molecule has 1 aliphatic rings. The minimum atomic E-state index is 1.10. The van der Waals surface area contributed by atoms with Gasteiger partial charge in [-0.05, 0) is 43.5 Å². The fraction of sp³-hybridized carbons (Fsp3) is 0.385. The van der Waals surface area contributed by atoms with Gasteiger partial charge in [-0.2, -0.15) is 0 Å². The Kier molecular flexibility index (Phi) is 3.36. The average molecular weight is 187 g/mol. The van der Waals surface area contributed by atoms with Gasteiger partial charge in [-0.1, -0.05) is 36.4 Å². The Bertz CT molecular complexity index is 315. The predicted molar refractivity (Wildman–Crippen MR) is 61.3 cm³/mol. The van der Waals surface area contributed by atoms with Crippen LogP contribution in [0.3, 0.4) is 0 Å². The predicted octanol–water partition coefficient (Wildman–Crippen LogP) is 2.63. The zero-order valence-corrected chi connectivity index (χ0v) is 8.50. The van der Waals surface area contributed by atoms with Crippen molar-refractivity contribution in [3.05, 3.63) is 41.5 Å². The number of hydrogen-bond acceptors (Lipinski definition) is 1. The molecular weight excluding hydrogens is 170 g/mol. The topological polar surface area (TPSA) is 12.0 Å². The second-order valence-electron chi connectivity index (χ2n) is 3.74. The lowest BCUT2D eigenvalue weighted by Crippen LogP contribution is -2.19. The second kappa shape index (κ2) is 4.97. The van der Waals surface area contributed by atoms with Gasteiger partial charge in [0.05, 0.1) is 0 Å². The van der Waals surface area contributed by atoms with E-state index in [9.17, 15) is 0 Å². The molecule has 14 heavy (non-hydrogen) atoms. The summed E-state index contributed by atoms with van der Waals surface area (Å²) in [7, 11) is 0. The molecule has 0 amide bonds. The summed E-state index contributed by atoms with van der Waals surface area (Å²) >= 11 is 0. The third kappa shape index (κ3) is 2.46. The molecule has 1 aliphatic heterocycles. The molecule has 1 heteroatoms. The largest absolute Gasteiger partial charge is 0.316 e. The SMILES string of the molecule is C1=C\c2ccccc2CCNCCC/1. The molecular formula is C13H17N. The highest BCUT2D eigenvalue weighted by Crippen LogP contribution is 2.12. The Morgan fingerprint density at radius 2 is 2.00 bits per heavy atom. The Balaban J connectivity index is 2.21. The van der Waals surface area contributed by atoms with Gasteiger partial charge in [-0.3, -0.25) is 0 Å². The first-order valence-electron chi connectivity index (χ1n) is 5.42. The first-order chi connectivity index (χ1) is 6.97. The maximum absolute atomic E-state index is 3.46. The van der Waals surface area contributed by atoms with Gasteiger partial charge in [0.1, 0.15) is 0 Å². The van der Waals surface area contributed by atoms with E-state index in [4.69, 9.17) is 0 Å². The van der Waals surface area contributed by atoms with Crippen LogP contribution in [0.2, 0.25) is 0 Å². The molecule has 1 heterocycles. The van der Waals surface area contributed by atoms with Crippen molar-refractivity contribution in [2.45, 2.75) is 19.3 Å². The zero-order chi connectivity index (χ0) is 9.64. The maximum atomic E-state index is 3.46. The Morgan fingerprint density at radius 3 is 3.00 bits per heavy atom. The number of benzene rings is 1. The van der Waals surface area contributed by atoms with Crippen molar-refractivity contribution in [3.63, 3.8) is 0 Å². The van der Waals surface area contributed by atoms with Crippen LogP contribution in [0.25, 0.3) is 6.08 Å². The minimum Gasteiger partial charge on any atom is -0.316 e. The van der Waals surface area contributed by atoms with Crippen LogP contribution < -0.4 is 5.32 Å². The van der Waals surface area contributed by atoms with Crippen molar-refractivity contribution in [1.82, 2.24) is 5.32 Å². The highest BCUT2D eigenvalue weighted by Gasteiger charge is 1.99. The zero-order valence-electron chi connectivity index (χ0n) is 8.50. The first-order valence-corrected chi connectivity index (χ1v) is 5.42. The van der Waals surface area contributed by atoms with Gasteiger partial charge in [0.15, 0.2) is 0 Å². The molecule has 0 aromatic heterocycles. The number of allylic oxidation sites excluding steroid dienone is 1. The van der Waals surface area contributed by atoms with Gasteiger partial charge in [0.2, 0.25) is 0 Å². The van der Waals surface area contributed by atoms with Gasteiger partial charge < -0.3 is 5.32 Å². The Hall–Kier alpha value is -1.08. The van der Waals surface area contributed by atoms with Crippen LogP contribution in [-0.4, -0.2) is 13.1 Å². The van der Waals surface area contributed by atoms with Crippen molar-refractivity contribution in [3.8, 4) is 0 Å². The number of hydrogen-bond donors (Lipinski definition) is 1. The Labute approximate surface area is 85.8 Å². The van der Waals surface area contributed by atoms with E-state index in [1.807, 2.05) is 0 Å². The van der Waals surface area contributed by atoms with Crippen LogP contribution in [0, 0.1) is 0 Å². The molecule has 2 rings (SSSR count). The number of rotatable bonds is 0. The van der Waals surface area contributed by atoms with Crippen LogP contribution in [0.15, 0.2) is 30.3 Å². The summed E-state index contributed by atoms with van der Waals surface area (Å²) in [6.07, 6.45) is 8.12. The molecule has 74 valence electrons. The second-order valence-corrected chi connectivity index (χ2v) is 3.74. The third-order valence-electron chi connectivity index (χ3n) is 2.65. The molecule has 1 nitrogen and oxygen atoms in total. The molecule has 1 aromatic carbocycles. The van der Waals surface area contributed by atoms with Crippen LogP contribution in [0.4, 0.5) is 0 Å². The van der Waals surface area contributed by atoms with Crippen molar-refractivity contribution in [1.29, 1.82) is 0 Å². The fourth-order valence-electron chi connectivity index (χ4n) is 1.83. The standard InChI is InChI=1S/C13H17N/c1-2-6-12-7-3-4-8-13(12)9-11-14-10-5-1/h2-4,6-8,14H,1,5,9-11H2/b6-2-. The molecule has 0 saturated heterocycles. The number of fused-ring (bicyclic) bond motifs is 1. The lowest BCUT2D eigenvalue weighted by molar-refractivity contribution is 0.651. The van der Waals surface area contributed by atoms with E-state index in [0.717, 1.165) is 19.5 Å². The monoisotopic (exact) mass is 187 g/mol. The molecule has 1 aromatic rings. The molecule has 0 aliphatic carbocycles. The van der Waals surface area contributed by atoms with Crippen molar-refractivity contribution in [2.75, 3.05) is 13.1 Å². The normalized spacial score (nSPS) is 19.7. The molecule has 0 fully saturated rings. The maximum Gasteiger partial charge on any atom is -0.000813 e. The summed E-state index contributed by atoms with van der Waals surface area (Å²) in [5.74, 6) is 0. The van der Waals surface area contributed by atoms with Crippen LogP contribution in [0.5, 0.6) is 0 Å². The third-order valence-corrected chi connectivity index (χ3v) is 2.65. The van der Waals surface area contributed by atoms with E-state index >= 15 is 0 Å². The quantitative estimate of drug-likeness (QED) is 0.658. The first kappa shape index (κ1) is 9.47. The highest BCUT2D eigenvalue weighted by atomic mass is 14.8. The molecule has 0 spiro atoms. The summed E-state index contributed by atoms with van der Waals surface area (Å²) in [5, 5.41) is 3.46. The van der Waals surface area contributed by atoms with Crippen LogP contribution in [0.1, 0.15) is 24.0 Å². The van der Waals surface area contributed by atoms with E-state index < -0.39 is 0 Å². The molecule has 0 atom stereocenters.